The van der Waals surface area contributed by atoms with E-state index in [1.54, 1.807) is 0 Å². The molecule has 5 nitrogen and oxygen atoms in total. The molecule has 2 aromatic heterocycles. The maximum Gasteiger partial charge on any atom is 0.208 e. The van der Waals surface area contributed by atoms with E-state index in [2.05, 4.69) is 15.0 Å². The van der Waals surface area contributed by atoms with E-state index in [0.29, 0.717) is 6.04 Å². The van der Waals surface area contributed by atoms with Crippen LogP contribution in [-0.4, -0.2) is 32.8 Å². The molecule has 4 rings (SSSR count). The minimum Gasteiger partial charge on any atom is -0.444 e. The summed E-state index contributed by atoms with van der Waals surface area (Å²) in [4.78, 5) is 6.99. The maximum atomic E-state index is 5.86. The Morgan fingerprint density at radius 1 is 1.26 bits per heavy atom. The first kappa shape index (κ1) is 11.2. The predicted octanol–water partition coefficient (Wildman–Crippen LogP) is 1.81. The van der Waals surface area contributed by atoms with Gasteiger partial charge in [-0.2, -0.15) is 5.10 Å². The van der Waals surface area contributed by atoms with Crippen LogP contribution in [0.1, 0.15) is 36.2 Å². The molecule has 1 aliphatic carbocycles. The average molecular weight is 258 g/mol. The van der Waals surface area contributed by atoms with Crippen molar-refractivity contribution < 1.29 is 4.42 Å². The molecule has 0 unspecified atom stereocenters. The first-order valence-electron chi connectivity index (χ1n) is 7.07. The van der Waals surface area contributed by atoms with Gasteiger partial charge in [0.2, 0.25) is 5.89 Å². The first-order valence-corrected chi connectivity index (χ1v) is 7.07. The van der Waals surface area contributed by atoms with Gasteiger partial charge in [0.15, 0.2) is 0 Å². The van der Waals surface area contributed by atoms with E-state index in [4.69, 9.17) is 4.42 Å². The number of aryl methyl sites for hydroxylation is 2. The second-order valence-electron chi connectivity index (χ2n) is 5.52. The second-order valence-corrected chi connectivity index (χ2v) is 5.52. The van der Waals surface area contributed by atoms with Crippen molar-refractivity contribution in [1.82, 2.24) is 19.7 Å². The van der Waals surface area contributed by atoms with Crippen LogP contribution in [0.4, 0.5) is 0 Å². The van der Waals surface area contributed by atoms with Gasteiger partial charge in [0.1, 0.15) is 5.76 Å². The van der Waals surface area contributed by atoms with Crippen molar-refractivity contribution in [2.45, 2.75) is 38.3 Å². The zero-order chi connectivity index (χ0) is 12.7. The summed E-state index contributed by atoms with van der Waals surface area (Å²) in [5.74, 6) is 2.02. The summed E-state index contributed by atoms with van der Waals surface area (Å²) < 4.78 is 7.90. The number of oxazole rings is 1. The number of rotatable bonds is 3. The molecule has 2 aromatic rings. The largest absolute Gasteiger partial charge is 0.444 e. The smallest absolute Gasteiger partial charge is 0.208 e. The maximum absolute atomic E-state index is 5.86. The Morgan fingerprint density at radius 2 is 2.16 bits per heavy atom. The minimum atomic E-state index is 0.514. The van der Waals surface area contributed by atoms with Gasteiger partial charge in [-0.15, -0.1) is 0 Å². The van der Waals surface area contributed by atoms with E-state index in [1.807, 2.05) is 23.1 Å². The van der Waals surface area contributed by atoms with E-state index in [9.17, 15) is 0 Å². The van der Waals surface area contributed by atoms with Crippen LogP contribution in [0.15, 0.2) is 22.9 Å². The Labute approximate surface area is 112 Å². The molecular formula is C14H18N4O. The topological polar surface area (TPSA) is 47.1 Å². The zero-order valence-electron chi connectivity index (χ0n) is 11.0. The van der Waals surface area contributed by atoms with E-state index in [-0.39, 0.29) is 0 Å². The van der Waals surface area contributed by atoms with Gasteiger partial charge in [-0.1, -0.05) is 0 Å². The summed E-state index contributed by atoms with van der Waals surface area (Å²) in [6.45, 7) is 2.91. The number of hydrogen-bond acceptors (Lipinski definition) is 4. The van der Waals surface area contributed by atoms with Gasteiger partial charge in [-0.25, -0.2) is 4.98 Å². The lowest BCUT2D eigenvalue weighted by Gasteiger charge is -2.38. The lowest BCUT2D eigenvalue weighted by molar-refractivity contribution is 0.0811. The lowest BCUT2D eigenvalue weighted by atomic mass is 10.0. The molecule has 1 fully saturated rings. The molecule has 3 heterocycles. The zero-order valence-corrected chi connectivity index (χ0v) is 11.0. The standard InChI is InChI=1S/C14H18N4O/c1-2-5-13-12(4-1)16-14(19-13)10-17-8-11(9-17)18-7-3-6-15-18/h3,6-7,11H,1-2,4-5,8-10H2. The highest BCUT2D eigenvalue weighted by atomic mass is 16.4. The fourth-order valence-corrected chi connectivity index (χ4v) is 3.00. The molecule has 0 saturated carbocycles. The molecular weight excluding hydrogens is 240 g/mol. The van der Waals surface area contributed by atoms with Crippen molar-refractivity contribution in [2.24, 2.45) is 0 Å². The van der Waals surface area contributed by atoms with Gasteiger partial charge < -0.3 is 4.42 Å². The molecule has 2 aliphatic rings. The molecule has 0 amide bonds. The Balaban J connectivity index is 1.37. The van der Waals surface area contributed by atoms with Gasteiger partial charge >= 0.3 is 0 Å². The normalized spacial score (nSPS) is 20.2. The Hall–Kier alpha value is -1.62. The Kier molecular flexibility index (Phi) is 2.65. The van der Waals surface area contributed by atoms with Gasteiger partial charge in [0.05, 0.1) is 18.3 Å². The van der Waals surface area contributed by atoms with Crippen LogP contribution >= 0.6 is 0 Å². The van der Waals surface area contributed by atoms with Crippen LogP contribution in [-0.2, 0) is 19.4 Å². The molecule has 1 saturated heterocycles. The van der Waals surface area contributed by atoms with Crippen LogP contribution in [0.25, 0.3) is 0 Å². The summed E-state index contributed by atoms with van der Waals surface area (Å²) in [7, 11) is 0. The predicted molar refractivity (Wildman–Crippen MR) is 69.7 cm³/mol. The Bertz CT molecular complexity index is 531. The highest BCUT2D eigenvalue weighted by molar-refractivity contribution is 5.13. The molecule has 1 aliphatic heterocycles. The lowest BCUT2D eigenvalue weighted by Crippen LogP contribution is -2.47. The monoisotopic (exact) mass is 258 g/mol. The third-order valence-corrected chi connectivity index (χ3v) is 4.09. The van der Waals surface area contributed by atoms with E-state index >= 15 is 0 Å². The number of nitrogens with zero attached hydrogens (tertiary/aromatic N) is 4. The van der Waals surface area contributed by atoms with E-state index in [0.717, 1.165) is 44.1 Å². The van der Waals surface area contributed by atoms with Crippen LogP contribution < -0.4 is 0 Å². The Morgan fingerprint density at radius 3 is 2.95 bits per heavy atom. The minimum absolute atomic E-state index is 0.514. The highest BCUT2D eigenvalue weighted by Crippen LogP contribution is 2.25. The molecule has 100 valence electrons. The molecule has 5 heteroatoms. The fraction of sp³-hybridized carbons (Fsp3) is 0.571. The van der Waals surface area contributed by atoms with Gasteiger partial charge in [0.25, 0.3) is 0 Å². The van der Waals surface area contributed by atoms with Crippen LogP contribution in [0.3, 0.4) is 0 Å². The van der Waals surface area contributed by atoms with Crippen molar-refractivity contribution >= 4 is 0 Å². The summed E-state index contributed by atoms with van der Waals surface area (Å²) in [5.41, 5.74) is 1.20. The molecule has 19 heavy (non-hydrogen) atoms. The van der Waals surface area contributed by atoms with Crippen molar-refractivity contribution in [3.63, 3.8) is 0 Å². The van der Waals surface area contributed by atoms with Gasteiger partial charge in [-0.05, 0) is 25.3 Å². The molecule has 0 radical (unpaired) electrons. The quantitative estimate of drug-likeness (QED) is 0.842. The van der Waals surface area contributed by atoms with Crippen molar-refractivity contribution in [3.05, 3.63) is 35.8 Å². The highest BCUT2D eigenvalue weighted by Gasteiger charge is 2.30. The third kappa shape index (κ3) is 2.08. The first-order chi connectivity index (χ1) is 9.38. The molecule has 0 N–H and O–H groups in total. The van der Waals surface area contributed by atoms with Crippen LogP contribution in [0.5, 0.6) is 0 Å². The summed E-state index contributed by atoms with van der Waals surface area (Å²) >= 11 is 0. The summed E-state index contributed by atoms with van der Waals surface area (Å²) in [6, 6.07) is 2.49. The second kappa shape index (κ2) is 4.49. The number of likely N-dealkylation sites (tertiary alicyclic amines) is 1. The molecule has 0 spiro atoms. The van der Waals surface area contributed by atoms with E-state index < -0.39 is 0 Å². The number of aromatic nitrogens is 3. The van der Waals surface area contributed by atoms with Crippen molar-refractivity contribution in [1.29, 1.82) is 0 Å². The molecule has 0 atom stereocenters. The van der Waals surface area contributed by atoms with Gasteiger partial charge in [0, 0.05) is 31.9 Å². The fourth-order valence-electron chi connectivity index (χ4n) is 3.00. The van der Waals surface area contributed by atoms with Crippen molar-refractivity contribution in [2.75, 3.05) is 13.1 Å². The van der Waals surface area contributed by atoms with Crippen LogP contribution in [0, 0.1) is 0 Å². The van der Waals surface area contributed by atoms with Gasteiger partial charge in [-0.3, -0.25) is 9.58 Å². The molecule has 0 bridgehead atoms. The summed E-state index contributed by atoms with van der Waals surface area (Å²) in [5, 5.41) is 4.28. The number of hydrogen-bond donors (Lipinski definition) is 0. The number of fused-ring (bicyclic) bond motifs is 1. The summed E-state index contributed by atoms with van der Waals surface area (Å²) in [6.07, 6.45) is 8.53. The molecule has 0 aromatic carbocycles. The third-order valence-electron chi connectivity index (χ3n) is 4.09. The van der Waals surface area contributed by atoms with Crippen molar-refractivity contribution in [3.8, 4) is 0 Å². The average Bonchev–Trinajstić information content (AvgIpc) is 3.01. The van der Waals surface area contributed by atoms with E-state index in [1.165, 1.54) is 18.5 Å². The SMILES string of the molecule is c1cnn(C2CN(Cc3nc4c(o3)CCCC4)C2)c1. The van der Waals surface area contributed by atoms with Crippen LogP contribution in [0.2, 0.25) is 0 Å².